The second kappa shape index (κ2) is 9.79. The number of benzene rings is 1. The topological polar surface area (TPSA) is 88.9 Å². The van der Waals surface area contributed by atoms with E-state index in [1.165, 1.54) is 36.8 Å². The van der Waals surface area contributed by atoms with Crippen LogP contribution in [0.3, 0.4) is 0 Å². The zero-order chi connectivity index (χ0) is 23.8. The van der Waals surface area contributed by atoms with Crippen LogP contribution in [0.2, 0.25) is 5.15 Å². The molecule has 3 heterocycles. The summed E-state index contributed by atoms with van der Waals surface area (Å²) in [6.45, 7) is 0.424. The molecule has 0 spiro atoms. The lowest BCUT2D eigenvalue weighted by Gasteiger charge is -2.12. The van der Waals surface area contributed by atoms with Crippen molar-refractivity contribution in [1.82, 2.24) is 19.3 Å². The van der Waals surface area contributed by atoms with Gasteiger partial charge in [-0.3, -0.25) is 4.98 Å². The van der Waals surface area contributed by atoms with Crippen molar-refractivity contribution >= 4 is 56.3 Å². The zero-order valence-electron chi connectivity index (χ0n) is 17.5. The van der Waals surface area contributed by atoms with Crippen LogP contribution in [0.15, 0.2) is 66.0 Å². The summed E-state index contributed by atoms with van der Waals surface area (Å²) in [7, 11) is -2.20. The van der Waals surface area contributed by atoms with Crippen LogP contribution in [-0.2, 0) is 22.7 Å². The van der Waals surface area contributed by atoms with E-state index in [-0.39, 0.29) is 28.1 Å². The summed E-state index contributed by atoms with van der Waals surface area (Å²) in [6.07, 6.45) is -0.357. The molecular formula is C21H18Cl2F3N5O2S. The normalized spacial score (nSPS) is 11.9. The quantitative estimate of drug-likeness (QED) is 0.331. The third-order valence-corrected chi connectivity index (χ3v) is 6.78. The van der Waals surface area contributed by atoms with Gasteiger partial charge in [-0.1, -0.05) is 17.7 Å². The number of rotatable bonds is 6. The molecule has 0 aliphatic carbocycles. The molecule has 34 heavy (non-hydrogen) atoms. The van der Waals surface area contributed by atoms with Gasteiger partial charge in [0.15, 0.2) is 5.15 Å². The van der Waals surface area contributed by atoms with Crippen LogP contribution in [-0.4, -0.2) is 29.4 Å². The highest BCUT2D eigenvalue weighted by molar-refractivity contribution is 7.90. The molecule has 2 N–H and O–H groups in total. The van der Waals surface area contributed by atoms with Crippen molar-refractivity contribution in [3.63, 3.8) is 0 Å². The average Bonchev–Trinajstić information content (AvgIpc) is 3.14. The number of hydrogen-bond acceptors (Lipinski definition) is 6. The van der Waals surface area contributed by atoms with E-state index < -0.39 is 21.9 Å². The van der Waals surface area contributed by atoms with Gasteiger partial charge in [0.2, 0.25) is 0 Å². The van der Waals surface area contributed by atoms with Gasteiger partial charge >= 0.3 is 6.18 Å². The molecule has 0 amide bonds. The standard InChI is InChI=1S/C21H17ClF3N5O2S.ClH/c1-26-10-13-12-30(33(31,32)15-3-2-8-27-11-15)18-9-14(4-5-16(13)18)28-17-6-7-19(21(23,24)25)29-20(17)22;/h2-9,11-12,26,28H,10H2,1H3;1H. The minimum atomic E-state index is -4.62. The Morgan fingerprint density at radius 2 is 1.91 bits per heavy atom. The molecule has 180 valence electrons. The van der Waals surface area contributed by atoms with Crippen molar-refractivity contribution in [2.75, 3.05) is 12.4 Å². The fourth-order valence-corrected chi connectivity index (χ4v) is 4.88. The van der Waals surface area contributed by atoms with Gasteiger partial charge in [-0.25, -0.2) is 17.4 Å². The third kappa shape index (κ3) is 4.97. The summed E-state index contributed by atoms with van der Waals surface area (Å²) in [4.78, 5) is 7.30. The van der Waals surface area contributed by atoms with Crippen molar-refractivity contribution in [3.05, 3.63) is 77.5 Å². The van der Waals surface area contributed by atoms with Crippen LogP contribution in [0, 0.1) is 0 Å². The first-order valence-electron chi connectivity index (χ1n) is 9.56. The Hall–Kier alpha value is -2.86. The molecule has 0 saturated heterocycles. The average molecular weight is 532 g/mol. The lowest BCUT2D eigenvalue weighted by Crippen LogP contribution is -2.12. The van der Waals surface area contributed by atoms with Crippen LogP contribution < -0.4 is 10.6 Å². The summed E-state index contributed by atoms with van der Waals surface area (Å²) in [5, 5.41) is 6.24. The van der Waals surface area contributed by atoms with Crippen molar-refractivity contribution in [3.8, 4) is 0 Å². The number of aromatic nitrogens is 3. The molecule has 0 atom stereocenters. The summed E-state index contributed by atoms with van der Waals surface area (Å²) < 4.78 is 66.2. The van der Waals surface area contributed by atoms with Gasteiger partial charge in [-0.05, 0) is 49.0 Å². The summed E-state index contributed by atoms with van der Waals surface area (Å²) in [5.41, 5.74) is 0.586. The van der Waals surface area contributed by atoms with Crippen LogP contribution in [0.5, 0.6) is 0 Å². The number of nitrogens with zero attached hydrogens (tertiary/aromatic N) is 3. The van der Waals surface area contributed by atoms with E-state index in [1.807, 2.05) is 0 Å². The van der Waals surface area contributed by atoms with E-state index in [0.717, 1.165) is 15.6 Å². The van der Waals surface area contributed by atoms with Crippen LogP contribution >= 0.6 is 24.0 Å². The Kier molecular flexibility index (Phi) is 7.41. The molecule has 0 aliphatic heterocycles. The number of alkyl halides is 3. The molecule has 1 aromatic carbocycles. The number of pyridine rings is 2. The fraction of sp³-hybridized carbons (Fsp3) is 0.143. The van der Waals surface area contributed by atoms with Gasteiger partial charge in [-0.15, -0.1) is 12.4 Å². The van der Waals surface area contributed by atoms with E-state index in [4.69, 9.17) is 11.6 Å². The second-order valence-corrected chi connectivity index (χ2v) is 9.24. The van der Waals surface area contributed by atoms with Crippen LogP contribution in [0.4, 0.5) is 24.5 Å². The highest BCUT2D eigenvalue weighted by atomic mass is 35.5. The molecule has 0 unspecified atom stereocenters. The first kappa shape index (κ1) is 25.8. The number of fused-ring (bicyclic) bond motifs is 1. The minimum Gasteiger partial charge on any atom is -0.353 e. The maximum absolute atomic E-state index is 13.3. The summed E-state index contributed by atoms with van der Waals surface area (Å²) in [6, 6.07) is 9.94. The highest BCUT2D eigenvalue weighted by Gasteiger charge is 2.33. The SMILES string of the molecule is CNCc1cn(S(=O)(=O)c2cccnc2)c2cc(Nc3ccc(C(F)(F)F)nc3Cl)ccc12.Cl. The Balaban J connectivity index is 0.00000324. The predicted molar refractivity (Wildman–Crippen MR) is 126 cm³/mol. The van der Waals surface area contributed by atoms with Crippen molar-refractivity contribution in [2.24, 2.45) is 0 Å². The molecule has 0 radical (unpaired) electrons. The Labute approximate surface area is 204 Å². The maximum atomic E-state index is 13.3. The van der Waals surface area contributed by atoms with Gasteiger partial charge in [0.1, 0.15) is 10.6 Å². The van der Waals surface area contributed by atoms with Gasteiger partial charge in [0.05, 0.1) is 11.2 Å². The lowest BCUT2D eigenvalue weighted by atomic mass is 10.1. The zero-order valence-corrected chi connectivity index (χ0v) is 19.9. The minimum absolute atomic E-state index is 0. The number of hydrogen-bond donors (Lipinski definition) is 2. The number of halogens is 5. The Morgan fingerprint density at radius 3 is 2.53 bits per heavy atom. The molecule has 13 heteroatoms. The Morgan fingerprint density at radius 1 is 1.15 bits per heavy atom. The van der Waals surface area contributed by atoms with E-state index >= 15 is 0 Å². The first-order chi connectivity index (χ1) is 15.6. The molecule has 3 aromatic heterocycles. The molecule has 0 bridgehead atoms. The molecule has 0 fully saturated rings. The van der Waals surface area contributed by atoms with Gasteiger partial charge < -0.3 is 10.6 Å². The van der Waals surface area contributed by atoms with Gasteiger partial charge in [-0.2, -0.15) is 13.2 Å². The van der Waals surface area contributed by atoms with E-state index in [9.17, 15) is 21.6 Å². The fourth-order valence-electron chi connectivity index (χ4n) is 3.33. The smallest absolute Gasteiger partial charge is 0.353 e. The Bertz CT molecular complexity index is 1430. The number of anilines is 2. The van der Waals surface area contributed by atoms with Crippen LogP contribution in [0.1, 0.15) is 11.3 Å². The van der Waals surface area contributed by atoms with E-state index in [1.54, 1.807) is 25.2 Å². The molecular weight excluding hydrogens is 514 g/mol. The van der Waals surface area contributed by atoms with E-state index in [2.05, 4.69) is 20.6 Å². The molecule has 4 aromatic rings. The molecule has 0 aliphatic rings. The van der Waals surface area contributed by atoms with Gasteiger partial charge in [0, 0.05) is 36.2 Å². The monoisotopic (exact) mass is 531 g/mol. The number of nitrogens with one attached hydrogen (secondary N) is 2. The third-order valence-electron chi connectivity index (χ3n) is 4.83. The summed E-state index contributed by atoms with van der Waals surface area (Å²) >= 11 is 5.94. The van der Waals surface area contributed by atoms with Crippen molar-refractivity contribution < 1.29 is 21.6 Å². The van der Waals surface area contributed by atoms with Crippen molar-refractivity contribution in [2.45, 2.75) is 17.6 Å². The molecule has 7 nitrogen and oxygen atoms in total. The lowest BCUT2D eigenvalue weighted by molar-refractivity contribution is -0.141. The highest BCUT2D eigenvalue weighted by Crippen LogP contribution is 2.33. The second-order valence-electron chi connectivity index (χ2n) is 7.06. The maximum Gasteiger partial charge on any atom is 0.433 e. The molecule has 0 saturated carbocycles. The largest absolute Gasteiger partial charge is 0.433 e. The van der Waals surface area contributed by atoms with Crippen LogP contribution in [0.25, 0.3) is 10.9 Å². The molecule has 4 rings (SSSR count). The summed E-state index contributed by atoms with van der Waals surface area (Å²) in [5.74, 6) is 0. The van der Waals surface area contributed by atoms with Gasteiger partial charge in [0.25, 0.3) is 10.0 Å². The predicted octanol–water partition coefficient (Wildman–Crippen LogP) is 5.23. The first-order valence-corrected chi connectivity index (χ1v) is 11.4. The van der Waals surface area contributed by atoms with Crippen molar-refractivity contribution in [1.29, 1.82) is 0 Å². The van der Waals surface area contributed by atoms with E-state index in [0.29, 0.717) is 23.1 Å².